The fraction of sp³-hybridized carbons (Fsp3) is 0.909. The number of hydrogen-bond donors (Lipinski definition) is 0. The van der Waals surface area contributed by atoms with Gasteiger partial charge in [0.15, 0.2) is 16.1 Å². The zero-order chi connectivity index (χ0) is 13.8. The number of rotatable bonds is 8. The molecule has 1 aliphatic rings. The van der Waals surface area contributed by atoms with Crippen molar-refractivity contribution in [1.82, 2.24) is 0 Å². The van der Waals surface area contributed by atoms with E-state index in [0.717, 1.165) is 12.8 Å². The Bertz CT molecular complexity index is 380. The molecule has 0 bridgehead atoms. The third-order valence-electron chi connectivity index (χ3n) is 3.15. The summed E-state index contributed by atoms with van der Waals surface area (Å²) in [6, 6.07) is 0. The van der Waals surface area contributed by atoms with Crippen LogP contribution in [-0.4, -0.2) is 53.5 Å². The smallest absolute Gasteiger partial charge is 0.306 e. The van der Waals surface area contributed by atoms with E-state index in [1.165, 1.54) is 21.3 Å². The summed E-state index contributed by atoms with van der Waals surface area (Å²) < 4.78 is 38.3. The van der Waals surface area contributed by atoms with Gasteiger partial charge < -0.3 is 14.2 Å². The Morgan fingerprint density at radius 2 is 1.78 bits per heavy atom. The van der Waals surface area contributed by atoms with E-state index < -0.39 is 21.5 Å². The van der Waals surface area contributed by atoms with Gasteiger partial charge in [0.25, 0.3) is 0 Å². The van der Waals surface area contributed by atoms with Crippen LogP contribution in [0.25, 0.3) is 0 Å². The van der Waals surface area contributed by atoms with Gasteiger partial charge in [0, 0.05) is 14.2 Å². The first kappa shape index (κ1) is 15.4. The van der Waals surface area contributed by atoms with E-state index in [1.807, 2.05) is 0 Å². The molecule has 0 aromatic rings. The molecule has 0 aromatic heterocycles. The SMILES string of the molecule is COC(=O)CC1(CS(=O)(=O)CC(OC)OC)CC1. The van der Waals surface area contributed by atoms with Crippen molar-refractivity contribution in [3.05, 3.63) is 0 Å². The first-order valence-corrected chi connectivity index (χ1v) is 7.51. The van der Waals surface area contributed by atoms with Crippen LogP contribution in [-0.2, 0) is 28.8 Å². The summed E-state index contributed by atoms with van der Waals surface area (Å²) in [5.74, 6) is -0.570. The van der Waals surface area contributed by atoms with Crippen LogP contribution in [0.15, 0.2) is 0 Å². The van der Waals surface area contributed by atoms with E-state index in [-0.39, 0.29) is 23.9 Å². The number of esters is 1. The van der Waals surface area contributed by atoms with Crippen molar-refractivity contribution < 1.29 is 27.4 Å². The van der Waals surface area contributed by atoms with Gasteiger partial charge in [0.1, 0.15) is 5.75 Å². The van der Waals surface area contributed by atoms with Gasteiger partial charge in [-0.15, -0.1) is 0 Å². The number of sulfone groups is 1. The number of ether oxygens (including phenoxy) is 3. The fourth-order valence-electron chi connectivity index (χ4n) is 1.89. The predicted octanol–water partition coefficient (Wildman–Crippen LogP) is 0.363. The molecule has 106 valence electrons. The van der Waals surface area contributed by atoms with Crippen molar-refractivity contribution >= 4 is 15.8 Å². The zero-order valence-electron chi connectivity index (χ0n) is 11.0. The molecule has 1 saturated carbocycles. The molecule has 1 rings (SSSR count). The number of carbonyl (C=O) groups excluding carboxylic acids is 1. The molecule has 0 atom stereocenters. The maximum absolute atomic E-state index is 12.0. The van der Waals surface area contributed by atoms with Crippen molar-refractivity contribution in [2.45, 2.75) is 25.6 Å². The van der Waals surface area contributed by atoms with Crippen molar-refractivity contribution in [2.75, 3.05) is 32.8 Å². The summed E-state index contributed by atoms with van der Waals surface area (Å²) in [5, 5.41) is 0. The van der Waals surface area contributed by atoms with Crippen molar-refractivity contribution in [3.63, 3.8) is 0 Å². The monoisotopic (exact) mass is 280 g/mol. The lowest BCUT2D eigenvalue weighted by molar-refractivity contribution is -0.141. The van der Waals surface area contributed by atoms with E-state index in [0.29, 0.717) is 0 Å². The van der Waals surface area contributed by atoms with Gasteiger partial charge in [-0.25, -0.2) is 8.42 Å². The molecule has 7 heteroatoms. The average molecular weight is 280 g/mol. The van der Waals surface area contributed by atoms with E-state index in [4.69, 9.17) is 9.47 Å². The first-order valence-electron chi connectivity index (χ1n) is 5.69. The van der Waals surface area contributed by atoms with Crippen LogP contribution in [0.3, 0.4) is 0 Å². The van der Waals surface area contributed by atoms with Crippen molar-refractivity contribution in [2.24, 2.45) is 5.41 Å². The molecule has 1 fully saturated rings. The molecule has 6 nitrogen and oxygen atoms in total. The highest BCUT2D eigenvalue weighted by Gasteiger charge is 2.48. The molecular formula is C11H20O6S. The summed E-state index contributed by atoms with van der Waals surface area (Å²) in [7, 11) is 0.780. The molecule has 0 saturated heterocycles. The highest BCUT2D eigenvalue weighted by atomic mass is 32.2. The van der Waals surface area contributed by atoms with Gasteiger partial charge in [0.05, 0.1) is 19.3 Å². The number of carbonyl (C=O) groups is 1. The fourth-order valence-corrected chi connectivity index (χ4v) is 4.02. The summed E-state index contributed by atoms with van der Waals surface area (Å²) in [6.45, 7) is 0. The van der Waals surface area contributed by atoms with E-state index >= 15 is 0 Å². The van der Waals surface area contributed by atoms with Crippen LogP contribution < -0.4 is 0 Å². The Morgan fingerprint density at radius 1 is 1.22 bits per heavy atom. The van der Waals surface area contributed by atoms with Crippen molar-refractivity contribution in [3.8, 4) is 0 Å². The first-order chi connectivity index (χ1) is 8.36. The molecular weight excluding hydrogens is 260 g/mol. The Kier molecular flexibility index (Phi) is 5.12. The summed E-state index contributed by atoms with van der Waals surface area (Å²) >= 11 is 0. The normalized spacial score (nSPS) is 17.8. The van der Waals surface area contributed by atoms with Crippen LogP contribution in [0.2, 0.25) is 0 Å². The second kappa shape index (κ2) is 5.99. The van der Waals surface area contributed by atoms with E-state index in [2.05, 4.69) is 4.74 Å². The van der Waals surface area contributed by atoms with Gasteiger partial charge in [-0.2, -0.15) is 0 Å². The Balaban J connectivity index is 2.57. The Morgan fingerprint density at radius 3 is 2.17 bits per heavy atom. The third kappa shape index (κ3) is 4.55. The maximum atomic E-state index is 12.0. The zero-order valence-corrected chi connectivity index (χ0v) is 11.8. The lowest BCUT2D eigenvalue weighted by Crippen LogP contribution is -2.30. The van der Waals surface area contributed by atoms with Crippen LogP contribution in [0.5, 0.6) is 0 Å². The number of methoxy groups -OCH3 is 3. The van der Waals surface area contributed by atoms with Gasteiger partial charge in [0.2, 0.25) is 0 Å². The summed E-state index contributed by atoms with van der Waals surface area (Å²) in [4.78, 5) is 11.2. The van der Waals surface area contributed by atoms with E-state index in [1.54, 1.807) is 0 Å². The molecule has 0 unspecified atom stereocenters. The molecule has 0 N–H and O–H groups in total. The van der Waals surface area contributed by atoms with Gasteiger partial charge in [-0.3, -0.25) is 4.79 Å². The number of hydrogen-bond acceptors (Lipinski definition) is 6. The minimum atomic E-state index is -3.31. The van der Waals surface area contributed by atoms with E-state index in [9.17, 15) is 13.2 Å². The van der Waals surface area contributed by atoms with Crippen molar-refractivity contribution in [1.29, 1.82) is 0 Å². The average Bonchev–Trinajstić information content (AvgIpc) is 3.04. The minimum Gasteiger partial charge on any atom is -0.469 e. The lowest BCUT2D eigenvalue weighted by atomic mass is 10.1. The molecule has 0 radical (unpaired) electrons. The molecule has 1 aliphatic carbocycles. The summed E-state index contributed by atoms with van der Waals surface area (Å²) in [6.07, 6.45) is 0.884. The highest BCUT2D eigenvalue weighted by molar-refractivity contribution is 7.91. The standard InChI is InChI=1S/C11H20O6S/c1-15-9(12)6-11(4-5-11)8-18(13,14)7-10(16-2)17-3/h10H,4-8H2,1-3H3. The maximum Gasteiger partial charge on any atom is 0.306 e. The summed E-state index contributed by atoms with van der Waals surface area (Å²) in [5.41, 5.74) is -0.433. The largest absolute Gasteiger partial charge is 0.469 e. The Labute approximate surface area is 108 Å². The minimum absolute atomic E-state index is 0.0156. The third-order valence-corrected chi connectivity index (χ3v) is 4.98. The van der Waals surface area contributed by atoms with Crippen LogP contribution in [0.4, 0.5) is 0 Å². The lowest BCUT2D eigenvalue weighted by Gasteiger charge is -2.17. The topological polar surface area (TPSA) is 78.9 Å². The van der Waals surface area contributed by atoms with Gasteiger partial charge in [-0.1, -0.05) is 0 Å². The quantitative estimate of drug-likeness (QED) is 0.472. The predicted molar refractivity (Wildman–Crippen MR) is 64.8 cm³/mol. The van der Waals surface area contributed by atoms with Gasteiger partial charge in [-0.05, 0) is 18.3 Å². The molecule has 0 spiro atoms. The molecule has 0 aromatic carbocycles. The Hall–Kier alpha value is -0.660. The molecule has 0 aliphatic heterocycles. The highest BCUT2D eigenvalue weighted by Crippen LogP contribution is 2.50. The van der Waals surface area contributed by atoms with Gasteiger partial charge >= 0.3 is 5.97 Å². The molecule has 0 amide bonds. The second-order valence-corrected chi connectivity index (χ2v) is 6.82. The van der Waals surface area contributed by atoms with Crippen LogP contribution in [0.1, 0.15) is 19.3 Å². The van der Waals surface area contributed by atoms with Crippen LogP contribution >= 0.6 is 0 Å². The second-order valence-electron chi connectivity index (χ2n) is 4.71. The van der Waals surface area contributed by atoms with Crippen LogP contribution in [0, 0.1) is 5.41 Å². The molecule has 0 heterocycles. The molecule has 18 heavy (non-hydrogen) atoms.